The molecule has 2 saturated heterocycles. The Labute approximate surface area is 212 Å². The molecule has 9 heteroatoms. The van der Waals surface area contributed by atoms with Crippen molar-refractivity contribution in [1.29, 1.82) is 0 Å². The Balaban J connectivity index is 1.34. The standard InChI is InChI=1S/C27H35N5O4/c1-19-14-20(2)16-21(15-19)29-25(33)17-23-27(35)28-8-9-32(23)26(34)18-30-10-12-31(13-11-30)22-6-4-5-7-24(22)36-3/h4-7,14-16,23H,8-13,17-18H2,1-3H3,(H,28,35)(H,29,33). The van der Waals surface area contributed by atoms with Crippen molar-refractivity contribution in [3.8, 4) is 5.75 Å². The van der Waals surface area contributed by atoms with E-state index < -0.39 is 6.04 Å². The van der Waals surface area contributed by atoms with E-state index in [1.54, 1.807) is 12.0 Å². The van der Waals surface area contributed by atoms with Crippen LogP contribution in [0.25, 0.3) is 0 Å². The van der Waals surface area contributed by atoms with Crippen molar-refractivity contribution in [1.82, 2.24) is 15.1 Å². The van der Waals surface area contributed by atoms with Gasteiger partial charge in [-0.1, -0.05) is 18.2 Å². The lowest BCUT2D eigenvalue weighted by molar-refractivity contribution is -0.145. The molecule has 0 saturated carbocycles. The highest BCUT2D eigenvalue weighted by Crippen LogP contribution is 2.28. The Morgan fingerprint density at radius 3 is 2.42 bits per heavy atom. The molecule has 2 fully saturated rings. The van der Waals surface area contributed by atoms with Crippen LogP contribution in [0.2, 0.25) is 0 Å². The van der Waals surface area contributed by atoms with Crippen LogP contribution in [0.5, 0.6) is 5.75 Å². The van der Waals surface area contributed by atoms with E-state index in [0.29, 0.717) is 18.8 Å². The average Bonchev–Trinajstić information content (AvgIpc) is 2.85. The number of benzene rings is 2. The van der Waals surface area contributed by atoms with E-state index in [1.807, 2.05) is 56.3 Å². The normalized spacial score (nSPS) is 18.5. The van der Waals surface area contributed by atoms with E-state index in [2.05, 4.69) is 20.4 Å². The average molecular weight is 494 g/mol. The van der Waals surface area contributed by atoms with Gasteiger partial charge in [0.15, 0.2) is 0 Å². The van der Waals surface area contributed by atoms with Crippen LogP contribution in [0.4, 0.5) is 11.4 Å². The molecule has 36 heavy (non-hydrogen) atoms. The Kier molecular flexibility index (Phi) is 8.10. The molecule has 2 N–H and O–H groups in total. The van der Waals surface area contributed by atoms with Crippen LogP contribution in [0.1, 0.15) is 17.5 Å². The Morgan fingerprint density at radius 1 is 1.03 bits per heavy atom. The maximum absolute atomic E-state index is 13.2. The third-order valence-corrected chi connectivity index (χ3v) is 6.69. The van der Waals surface area contributed by atoms with Gasteiger partial charge in [0.1, 0.15) is 11.8 Å². The van der Waals surface area contributed by atoms with Crippen LogP contribution >= 0.6 is 0 Å². The molecule has 0 bridgehead atoms. The first-order chi connectivity index (χ1) is 17.3. The molecular weight excluding hydrogens is 458 g/mol. The molecule has 0 radical (unpaired) electrons. The van der Waals surface area contributed by atoms with Crippen molar-refractivity contribution in [2.75, 3.05) is 63.1 Å². The summed E-state index contributed by atoms with van der Waals surface area (Å²) in [7, 11) is 1.67. The summed E-state index contributed by atoms with van der Waals surface area (Å²) in [4.78, 5) is 44.6. The highest BCUT2D eigenvalue weighted by molar-refractivity contribution is 5.97. The number of ether oxygens (including phenoxy) is 1. The zero-order valence-electron chi connectivity index (χ0n) is 21.3. The number of hydrogen-bond acceptors (Lipinski definition) is 6. The number of rotatable bonds is 7. The van der Waals surface area contributed by atoms with Crippen LogP contribution in [0.15, 0.2) is 42.5 Å². The summed E-state index contributed by atoms with van der Waals surface area (Å²) in [6.07, 6.45) is -0.0772. The molecule has 1 unspecified atom stereocenters. The van der Waals surface area contributed by atoms with Gasteiger partial charge in [-0.15, -0.1) is 0 Å². The van der Waals surface area contributed by atoms with Crippen LogP contribution in [-0.2, 0) is 14.4 Å². The summed E-state index contributed by atoms with van der Waals surface area (Å²) in [5.74, 6) is 0.138. The quantitative estimate of drug-likeness (QED) is 0.611. The van der Waals surface area contributed by atoms with Gasteiger partial charge < -0.3 is 25.2 Å². The van der Waals surface area contributed by atoms with E-state index in [9.17, 15) is 14.4 Å². The van der Waals surface area contributed by atoms with Crippen molar-refractivity contribution < 1.29 is 19.1 Å². The molecule has 2 aliphatic heterocycles. The second-order valence-electron chi connectivity index (χ2n) is 9.46. The van der Waals surface area contributed by atoms with Gasteiger partial charge in [-0.3, -0.25) is 19.3 Å². The second-order valence-corrected chi connectivity index (χ2v) is 9.46. The molecule has 0 spiro atoms. The van der Waals surface area contributed by atoms with Crippen molar-refractivity contribution in [2.45, 2.75) is 26.3 Å². The molecule has 2 heterocycles. The van der Waals surface area contributed by atoms with E-state index in [0.717, 1.165) is 48.7 Å². The number of carbonyl (C=O) groups is 3. The zero-order chi connectivity index (χ0) is 25.7. The fourth-order valence-electron chi connectivity index (χ4n) is 4.97. The van der Waals surface area contributed by atoms with Gasteiger partial charge in [-0.25, -0.2) is 0 Å². The predicted molar refractivity (Wildman–Crippen MR) is 139 cm³/mol. The molecule has 1 atom stereocenters. The summed E-state index contributed by atoms with van der Waals surface area (Å²) in [5, 5.41) is 5.68. The van der Waals surface area contributed by atoms with Gasteiger partial charge in [-0.05, 0) is 49.2 Å². The number of amides is 3. The summed E-state index contributed by atoms with van der Waals surface area (Å²) >= 11 is 0. The summed E-state index contributed by atoms with van der Waals surface area (Å²) < 4.78 is 5.49. The highest BCUT2D eigenvalue weighted by Gasteiger charge is 2.35. The number of aryl methyl sites for hydroxylation is 2. The number of nitrogens with zero attached hydrogens (tertiary/aromatic N) is 3. The lowest BCUT2D eigenvalue weighted by atomic mass is 10.1. The maximum atomic E-state index is 13.2. The van der Waals surface area contributed by atoms with Crippen LogP contribution in [0, 0.1) is 13.8 Å². The molecule has 0 aromatic heterocycles. The number of para-hydroxylation sites is 2. The molecule has 0 aliphatic carbocycles. The minimum atomic E-state index is -0.813. The van der Waals surface area contributed by atoms with Gasteiger partial charge >= 0.3 is 0 Å². The fourth-order valence-corrected chi connectivity index (χ4v) is 4.97. The lowest BCUT2D eigenvalue weighted by Crippen LogP contribution is -2.60. The van der Waals surface area contributed by atoms with Crippen molar-refractivity contribution >= 4 is 29.1 Å². The number of hydrogen-bond donors (Lipinski definition) is 2. The first-order valence-corrected chi connectivity index (χ1v) is 12.4. The first-order valence-electron chi connectivity index (χ1n) is 12.4. The van der Waals surface area contributed by atoms with E-state index in [1.165, 1.54) is 0 Å². The van der Waals surface area contributed by atoms with Crippen molar-refractivity contribution in [3.63, 3.8) is 0 Å². The minimum absolute atomic E-state index is 0.0772. The van der Waals surface area contributed by atoms with Gasteiger partial charge in [0.2, 0.25) is 17.7 Å². The van der Waals surface area contributed by atoms with Crippen molar-refractivity contribution in [2.24, 2.45) is 0 Å². The third kappa shape index (κ3) is 6.15. The van der Waals surface area contributed by atoms with Gasteiger partial charge in [-0.2, -0.15) is 0 Å². The van der Waals surface area contributed by atoms with Gasteiger partial charge in [0.05, 0.1) is 25.8 Å². The SMILES string of the molecule is COc1ccccc1N1CCN(CC(=O)N2CCNC(=O)C2CC(=O)Nc2cc(C)cc(C)c2)CC1. The Morgan fingerprint density at radius 2 is 1.72 bits per heavy atom. The van der Waals surface area contributed by atoms with E-state index in [-0.39, 0.29) is 30.7 Å². The van der Waals surface area contributed by atoms with Crippen LogP contribution in [-0.4, -0.2) is 86.5 Å². The number of methoxy groups -OCH3 is 1. The molecule has 2 aromatic rings. The smallest absolute Gasteiger partial charge is 0.243 e. The monoisotopic (exact) mass is 493 g/mol. The predicted octanol–water partition coefficient (Wildman–Crippen LogP) is 1.79. The largest absolute Gasteiger partial charge is 0.495 e. The second kappa shape index (κ2) is 11.4. The maximum Gasteiger partial charge on any atom is 0.243 e. The summed E-state index contributed by atoms with van der Waals surface area (Å²) in [6, 6.07) is 12.9. The molecular formula is C27H35N5O4. The van der Waals surface area contributed by atoms with E-state index >= 15 is 0 Å². The summed E-state index contributed by atoms with van der Waals surface area (Å²) in [5.41, 5.74) is 3.83. The highest BCUT2D eigenvalue weighted by atomic mass is 16.5. The molecule has 3 amide bonds. The third-order valence-electron chi connectivity index (χ3n) is 6.69. The number of nitrogens with one attached hydrogen (secondary N) is 2. The summed E-state index contributed by atoms with van der Waals surface area (Å²) in [6.45, 7) is 7.94. The topological polar surface area (TPSA) is 94.2 Å². The van der Waals surface area contributed by atoms with Crippen LogP contribution < -0.4 is 20.3 Å². The Hall–Kier alpha value is -3.59. The number of anilines is 2. The molecule has 2 aliphatic rings. The van der Waals surface area contributed by atoms with Crippen LogP contribution in [0.3, 0.4) is 0 Å². The lowest BCUT2D eigenvalue weighted by Gasteiger charge is -2.39. The van der Waals surface area contributed by atoms with Crippen molar-refractivity contribution in [3.05, 3.63) is 53.6 Å². The molecule has 192 valence electrons. The first kappa shape index (κ1) is 25.5. The molecule has 2 aromatic carbocycles. The van der Waals surface area contributed by atoms with E-state index in [4.69, 9.17) is 4.74 Å². The molecule has 9 nitrogen and oxygen atoms in total. The van der Waals surface area contributed by atoms with Gasteiger partial charge in [0.25, 0.3) is 0 Å². The molecule has 4 rings (SSSR count). The Bertz CT molecular complexity index is 1090. The fraction of sp³-hybridized carbons (Fsp3) is 0.444. The minimum Gasteiger partial charge on any atom is -0.495 e. The number of carbonyl (C=O) groups excluding carboxylic acids is 3. The number of piperazine rings is 2. The van der Waals surface area contributed by atoms with Gasteiger partial charge in [0, 0.05) is 45.0 Å². The zero-order valence-corrected chi connectivity index (χ0v) is 21.3.